The van der Waals surface area contributed by atoms with E-state index in [2.05, 4.69) is 5.32 Å². The van der Waals surface area contributed by atoms with Crippen LogP contribution in [0.5, 0.6) is 11.5 Å². The number of carbonyl (C=O) groups is 1. The van der Waals surface area contributed by atoms with E-state index in [0.717, 1.165) is 17.1 Å². The van der Waals surface area contributed by atoms with E-state index in [1.807, 2.05) is 18.2 Å². The summed E-state index contributed by atoms with van der Waals surface area (Å²) >= 11 is 0. The Balaban J connectivity index is 1.75. The molecule has 1 aliphatic rings. The summed E-state index contributed by atoms with van der Waals surface area (Å²) in [6, 6.07) is 5.87. The van der Waals surface area contributed by atoms with Gasteiger partial charge in [0.2, 0.25) is 0 Å². The van der Waals surface area contributed by atoms with Crippen molar-refractivity contribution in [3.8, 4) is 11.5 Å². The zero-order valence-electron chi connectivity index (χ0n) is 11.1. The molecule has 104 valence electrons. The Hall–Kier alpha value is -1.75. The van der Waals surface area contributed by atoms with Crippen LogP contribution in [0.3, 0.4) is 0 Å². The highest BCUT2D eigenvalue weighted by molar-refractivity contribution is 5.69. The van der Waals surface area contributed by atoms with Gasteiger partial charge in [-0.15, -0.1) is 0 Å². The Morgan fingerprint density at radius 2 is 2.11 bits per heavy atom. The first-order valence-electron chi connectivity index (χ1n) is 6.54. The number of esters is 1. The number of rotatable bonds is 6. The number of hydrogen-bond donors (Lipinski definition) is 1. The predicted molar refractivity (Wildman–Crippen MR) is 70.4 cm³/mol. The van der Waals surface area contributed by atoms with Crippen LogP contribution in [0, 0.1) is 0 Å². The van der Waals surface area contributed by atoms with Crippen molar-refractivity contribution in [2.75, 3.05) is 26.4 Å². The number of benzene rings is 1. The Morgan fingerprint density at radius 1 is 1.32 bits per heavy atom. The van der Waals surface area contributed by atoms with Gasteiger partial charge in [-0.1, -0.05) is 6.07 Å². The van der Waals surface area contributed by atoms with Crippen molar-refractivity contribution < 1.29 is 19.0 Å². The Kier molecular flexibility index (Phi) is 5.03. The molecule has 5 nitrogen and oxygen atoms in total. The molecule has 19 heavy (non-hydrogen) atoms. The van der Waals surface area contributed by atoms with Gasteiger partial charge in [-0.3, -0.25) is 4.79 Å². The molecule has 0 saturated carbocycles. The summed E-state index contributed by atoms with van der Waals surface area (Å²) in [5, 5.41) is 3.20. The third kappa shape index (κ3) is 4.13. The van der Waals surface area contributed by atoms with Crippen molar-refractivity contribution in [2.24, 2.45) is 0 Å². The van der Waals surface area contributed by atoms with E-state index < -0.39 is 0 Å². The average molecular weight is 265 g/mol. The molecule has 1 aromatic carbocycles. The second-order valence-electron chi connectivity index (χ2n) is 4.21. The van der Waals surface area contributed by atoms with Gasteiger partial charge in [0.25, 0.3) is 0 Å². The Morgan fingerprint density at radius 3 is 2.89 bits per heavy atom. The highest BCUT2D eigenvalue weighted by Gasteiger charge is 2.11. The third-order valence-corrected chi connectivity index (χ3v) is 2.75. The molecule has 0 unspecified atom stereocenters. The van der Waals surface area contributed by atoms with Crippen LogP contribution in [0.25, 0.3) is 0 Å². The molecule has 0 saturated heterocycles. The second kappa shape index (κ2) is 6.99. The molecule has 0 amide bonds. The maximum atomic E-state index is 11.1. The van der Waals surface area contributed by atoms with Gasteiger partial charge in [0.1, 0.15) is 13.2 Å². The highest BCUT2D eigenvalue weighted by Crippen LogP contribution is 2.30. The van der Waals surface area contributed by atoms with Gasteiger partial charge >= 0.3 is 5.97 Å². The van der Waals surface area contributed by atoms with E-state index in [9.17, 15) is 4.79 Å². The fourth-order valence-electron chi connectivity index (χ4n) is 1.85. The Labute approximate surface area is 112 Å². The molecule has 1 aliphatic heterocycles. The van der Waals surface area contributed by atoms with Crippen LogP contribution >= 0.6 is 0 Å². The zero-order chi connectivity index (χ0) is 13.5. The molecule has 1 aromatic rings. The number of nitrogens with one attached hydrogen (secondary N) is 1. The first-order valence-corrected chi connectivity index (χ1v) is 6.54. The summed E-state index contributed by atoms with van der Waals surface area (Å²) in [7, 11) is 0. The minimum absolute atomic E-state index is 0.169. The van der Waals surface area contributed by atoms with Crippen molar-refractivity contribution in [3.05, 3.63) is 23.8 Å². The fraction of sp³-hybridized carbons (Fsp3) is 0.500. The Bertz CT molecular complexity index is 433. The maximum Gasteiger partial charge on any atom is 0.307 e. The molecule has 1 heterocycles. The van der Waals surface area contributed by atoms with Gasteiger partial charge < -0.3 is 19.5 Å². The van der Waals surface area contributed by atoms with Crippen LogP contribution in [0.15, 0.2) is 18.2 Å². The van der Waals surface area contributed by atoms with Gasteiger partial charge in [-0.25, -0.2) is 0 Å². The molecular weight excluding hydrogens is 246 g/mol. The average Bonchev–Trinajstić information content (AvgIpc) is 2.44. The molecule has 1 N–H and O–H groups in total. The molecule has 0 atom stereocenters. The number of ether oxygens (including phenoxy) is 3. The van der Waals surface area contributed by atoms with E-state index >= 15 is 0 Å². The van der Waals surface area contributed by atoms with Gasteiger partial charge in [-0.2, -0.15) is 0 Å². The summed E-state index contributed by atoms with van der Waals surface area (Å²) in [4.78, 5) is 11.1. The predicted octanol–water partition coefficient (Wildman–Crippen LogP) is 1.50. The van der Waals surface area contributed by atoms with Crippen LogP contribution in [-0.4, -0.2) is 32.3 Å². The van der Waals surface area contributed by atoms with Gasteiger partial charge in [0, 0.05) is 13.1 Å². The second-order valence-corrected chi connectivity index (χ2v) is 4.21. The minimum atomic E-state index is -0.169. The lowest BCUT2D eigenvalue weighted by Gasteiger charge is -2.18. The molecule has 0 fully saturated rings. The largest absolute Gasteiger partial charge is 0.486 e. The van der Waals surface area contributed by atoms with Crippen LogP contribution in [0.1, 0.15) is 18.9 Å². The van der Waals surface area contributed by atoms with Crippen molar-refractivity contribution in [2.45, 2.75) is 19.9 Å². The van der Waals surface area contributed by atoms with Crippen molar-refractivity contribution in [1.82, 2.24) is 5.32 Å². The fourth-order valence-corrected chi connectivity index (χ4v) is 1.85. The normalized spacial score (nSPS) is 13.1. The minimum Gasteiger partial charge on any atom is -0.486 e. The van der Waals surface area contributed by atoms with Gasteiger partial charge in [-0.05, 0) is 24.6 Å². The quantitative estimate of drug-likeness (QED) is 0.624. The smallest absolute Gasteiger partial charge is 0.307 e. The number of fused-ring (bicyclic) bond motifs is 1. The lowest BCUT2D eigenvalue weighted by Crippen LogP contribution is -2.19. The molecule has 0 aromatic heterocycles. The van der Waals surface area contributed by atoms with Crippen LogP contribution in [0.4, 0.5) is 0 Å². The van der Waals surface area contributed by atoms with E-state index in [1.165, 1.54) is 0 Å². The van der Waals surface area contributed by atoms with Crippen molar-refractivity contribution in [3.63, 3.8) is 0 Å². The SMILES string of the molecule is CCOC(=O)CCNCc1ccc2c(c1)OCCO2. The van der Waals surface area contributed by atoms with E-state index in [1.54, 1.807) is 6.92 Å². The number of hydrogen-bond acceptors (Lipinski definition) is 5. The molecular formula is C14H19NO4. The molecule has 0 aliphatic carbocycles. The summed E-state index contributed by atoms with van der Waals surface area (Å²) < 4.78 is 15.8. The monoisotopic (exact) mass is 265 g/mol. The van der Waals surface area contributed by atoms with Crippen LogP contribution in [-0.2, 0) is 16.1 Å². The first kappa shape index (κ1) is 13.7. The van der Waals surface area contributed by atoms with Gasteiger partial charge in [0.05, 0.1) is 13.0 Å². The number of carbonyl (C=O) groups excluding carboxylic acids is 1. The lowest BCUT2D eigenvalue weighted by atomic mass is 10.2. The summed E-state index contributed by atoms with van der Waals surface area (Å²) in [5.74, 6) is 1.41. The summed E-state index contributed by atoms with van der Waals surface area (Å²) in [6.45, 7) is 4.72. The molecule has 2 rings (SSSR count). The van der Waals surface area contributed by atoms with E-state index in [0.29, 0.717) is 39.3 Å². The summed E-state index contributed by atoms with van der Waals surface area (Å²) in [5.41, 5.74) is 1.10. The first-order chi connectivity index (χ1) is 9.29. The molecule has 0 radical (unpaired) electrons. The maximum absolute atomic E-state index is 11.1. The zero-order valence-corrected chi connectivity index (χ0v) is 11.1. The molecule has 0 spiro atoms. The van der Waals surface area contributed by atoms with Crippen molar-refractivity contribution in [1.29, 1.82) is 0 Å². The lowest BCUT2D eigenvalue weighted by molar-refractivity contribution is -0.142. The van der Waals surface area contributed by atoms with Gasteiger partial charge in [0.15, 0.2) is 11.5 Å². The topological polar surface area (TPSA) is 56.8 Å². The third-order valence-electron chi connectivity index (χ3n) is 2.75. The van der Waals surface area contributed by atoms with E-state index in [4.69, 9.17) is 14.2 Å². The molecule has 5 heteroatoms. The van der Waals surface area contributed by atoms with Crippen molar-refractivity contribution >= 4 is 5.97 Å². The van der Waals surface area contributed by atoms with Crippen LogP contribution < -0.4 is 14.8 Å². The van der Waals surface area contributed by atoms with Crippen LogP contribution in [0.2, 0.25) is 0 Å². The molecule has 0 bridgehead atoms. The standard InChI is InChI=1S/C14H19NO4/c1-2-17-14(16)5-6-15-10-11-3-4-12-13(9-11)19-8-7-18-12/h3-4,9,15H,2,5-8,10H2,1H3. The summed E-state index contributed by atoms with van der Waals surface area (Å²) in [6.07, 6.45) is 0.387. The van der Waals surface area contributed by atoms with E-state index in [-0.39, 0.29) is 5.97 Å². The highest BCUT2D eigenvalue weighted by atomic mass is 16.6.